The molecule has 1 atom stereocenters. The minimum Gasteiger partial charge on any atom is -0.449 e. The van der Waals surface area contributed by atoms with Gasteiger partial charge in [0.25, 0.3) is 5.91 Å². The van der Waals surface area contributed by atoms with Crippen LogP contribution in [0.4, 0.5) is 5.69 Å². The number of ether oxygens (including phenoxy) is 1. The largest absolute Gasteiger partial charge is 0.449 e. The lowest BCUT2D eigenvalue weighted by atomic mass is 10.2. The zero-order chi connectivity index (χ0) is 16.1. The molecular formula is C15H12Br2N2O3. The van der Waals surface area contributed by atoms with E-state index in [1.807, 2.05) is 0 Å². The zero-order valence-corrected chi connectivity index (χ0v) is 14.7. The molecule has 5 nitrogen and oxygen atoms in total. The lowest BCUT2D eigenvalue weighted by Crippen LogP contribution is -2.30. The highest BCUT2D eigenvalue weighted by Crippen LogP contribution is 2.15. The number of carbonyl (C=O) groups excluding carboxylic acids is 2. The van der Waals surface area contributed by atoms with E-state index in [1.165, 1.54) is 13.1 Å². The molecule has 2 aromatic rings. The first kappa shape index (κ1) is 16.6. The van der Waals surface area contributed by atoms with Gasteiger partial charge in [-0.05, 0) is 53.2 Å². The lowest BCUT2D eigenvalue weighted by molar-refractivity contribution is -0.123. The van der Waals surface area contributed by atoms with Gasteiger partial charge in [0.1, 0.15) is 0 Å². The van der Waals surface area contributed by atoms with Crippen LogP contribution in [0.2, 0.25) is 0 Å². The molecule has 0 aliphatic carbocycles. The van der Waals surface area contributed by atoms with Gasteiger partial charge in [-0.2, -0.15) is 0 Å². The summed E-state index contributed by atoms with van der Waals surface area (Å²) in [5.74, 6) is -1.01. The Morgan fingerprint density at radius 3 is 2.45 bits per heavy atom. The molecule has 0 fully saturated rings. The summed E-state index contributed by atoms with van der Waals surface area (Å²) in [5.41, 5.74) is 0.901. The van der Waals surface area contributed by atoms with Gasteiger partial charge in [-0.15, -0.1) is 0 Å². The van der Waals surface area contributed by atoms with Crippen LogP contribution in [0.15, 0.2) is 51.7 Å². The molecule has 0 aliphatic rings. The summed E-state index contributed by atoms with van der Waals surface area (Å²) in [6, 6.07) is 8.68. The normalized spacial score (nSPS) is 11.6. The summed E-state index contributed by atoms with van der Waals surface area (Å²) in [6.45, 7) is 1.51. The Morgan fingerprint density at radius 2 is 1.82 bits per heavy atom. The molecule has 1 aromatic carbocycles. The van der Waals surface area contributed by atoms with Gasteiger partial charge in [-0.1, -0.05) is 15.9 Å². The van der Waals surface area contributed by atoms with E-state index in [9.17, 15) is 9.59 Å². The topological polar surface area (TPSA) is 68.3 Å². The molecule has 2 rings (SSSR count). The molecular weight excluding hydrogens is 416 g/mol. The number of benzene rings is 1. The third-order valence-electron chi connectivity index (χ3n) is 2.71. The maximum absolute atomic E-state index is 12.0. The first-order chi connectivity index (χ1) is 10.5. The number of carbonyl (C=O) groups is 2. The van der Waals surface area contributed by atoms with E-state index in [2.05, 4.69) is 42.2 Å². The van der Waals surface area contributed by atoms with Crippen molar-refractivity contribution in [3.63, 3.8) is 0 Å². The highest BCUT2D eigenvalue weighted by atomic mass is 79.9. The van der Waals surface area contributed by atoms with Crippen LogP contribution in [-0.4, -0.2) is 23.0 Å². The third-order valence-corrected chi connectivity index (χ3v) is 3.67. The van der Waals surface area contributed by atoms with Crippen LogP contribution in [-0.2, 0) is 9.53 Å². The number of nitrogens with one attached hydrogen (secondary N) is 1. The summed E-state index contributed by atoms with van der Waals surface area (Å²) < 4.78 is 6.70. The Hall–Kier alpha value is -1.73. The van der Waals surface area contributed by atoms with Gasteiger partial charge < -0.3 is 10.1 Å². The predicted octanol–water partition coefficient (Wildman–Crippen LogP) is 3.79. The number of hydrogen-bond acceptors (Lipinski definition) is 4. The maximum atomic E-state index is 12.0. The lowest BCUT2D eigenvalue weighted by Gasteiger charge is -2.13. The Morgan fingerprint density at radius 1 is 1.14 bits per heavy atom. The van der Waals surface area contributed by atoms with Crippen molar-refractivity contribution in [2.45, 2.75) is 13.0 Å². The predicted molar refractivity (Wildman–Crippen MR) is 89.6 cm³/mol. The van der Waals surface area contributed by atoms with Gasteiger partial charge in [0.05, 0.1) is 5.56 Å². The second-order valence-corrected chi connectivity index (χ2v) is 6.27. The summed E-state index contributed by atoms with van der Waals surface area (Å²) >= 11 is 6.54. The molecule has 0 saturated heterocycles. The quantitative estimate of drug-likeness (QED) is 0.753. The van der Waals surface area contributed by atoms with Crippen LogP contribution < -0.4 is 5.32 Å². The molecule has 0 spiro atoms. The van der Waals surface area contributed by atoms with E-state index < -0.39 is 18.0 Å². The fourth-order valence-corrected chi connectivity index (χ4v) is 2.21. The fraction of sp³-hybridized carbons (Fsp3) is 0.133. The molecule has 7 heteroatoms. The van der Waals surface area contributed by atoms with Crippen molar-refractivity contribution < 1.29 is 14.3 Å². The van der Waals surface area contributed by atoms with Crippen molar-refractivity contribution in [2.24, 2.45) is 0 Å². The van der Waals surface area contributed by atoms with E-state index in [0.717, 1.165) is 4.47 Å². The monoisotopic (exact) mass is 426 g/mol. The smallest absolute Gasteiger partial charge is 0.340 e. The molecule has 1 unspecified atom stereocenters. The van der Waals surface area contributed by atoms with Gasteiger partial charge >= 0.3 is 5.97 Å². The second-order valence-electron chi connectivity index (χ2n) is 4.44. The first-order valence-electron chi connectivity index (χ1n) is 6.33. The van der Waals surface area contributed by atoms with Crippen LogP contribution in [0, 0.1) is 0 Å². The van der Waals surface area contributed by atoms with Crippen LogP contribution in [0.5, 0.6) is 0 Å². The number of aromatic nitrogens is 1. The van der Waals surface area contributed by atoms with Crippen molar-refractivity contribution in [1.29, 1.82) is 0 Å². The van der Waals surface area contributed by atoms with Crippen molar-refractivity contribution in [3.05, 3.63) is 57.2 Å². The number of anilines is 1. The number of amides is 1. The van der Waals surface area contributed by atoms with Crippen LogP contribution >= 0.6 is 31.9 Å². The van der Waals surface area contributed by atoms with Crippen molar-refractivity contribution in [2.75, 3.05) is 5.32 Å². The van der Waals surface area contributed by atoms with Gasteiger partial charge in [0, 0.05) is 27.0 Å². The molecule has 1 N–H and O–H groups in total. The standard InChI is InChI=1S/C15H12Br2N2O3/c1-9(14(20)19-13-4-2-11(16)3-5-13)22-15(21)10-6-12(17)8-18-7-10/h2-9H,1H3,(H,19,20). The SMILES string of the molecule is CC(OC(=O)c1cncc(Br)c1)C(=O)Nc1ccc(Br)cc1. The Bertz CT molecular complexity index is 689. The molecule has 0 bridgehead atoms. The van der Waals surface area contributed by atoms with Gasteiger partial charge in [-0.3, -0.25) is 9.78 Å². The number of nitrogens with zero attached hydrogens (tertiary/aromatic N) is 1. The molecule has 0 saturated carbocycles. The molecule has 22 heavy (non-hydrogen) atoms. The summed E-state index contributed by atoms with van der Waals surface area (Å²) in [5, 5.41) is 2.68. The van der Waals surface area contributed by atoms with Crippen molar-refractivity contribution in [1.82, 2.24) is 4.98 Å². The zero-order valence-electron chi connectivity index (χ0n) is 11.5. The fourth-order valence-electron chi connectivity index (χ4n) is 1.58. The molecule has 0 radical (unpaired) electrons. The number of esters is 1. The number of halogens is 2. The Kier molecular flexibility index (Phi) is 5.68. The minimum atomic E-state index is -0.921. The average molecular weight is 428 g/mol. The maximum Gasteiger partial charge on any atom is 0.340 e. The highest BCUT2D eigenvalue weighted by molar-refractivity contribution is 9.10. The van der Waals surface area contributed by atoms with Gasteiger partial charge in [-0.25, -0.2) is 4.79 Å². The van der Waals surface area contributed by atoms with Crippen molar-refractivity contribution in [3.8, 4) is 0 Å². The molecule has 0 aliphatic heterocycles. The van der Waals surface area contributed by atoms with Crippen LogP contribution in [0.1, 0.15) is 17.3 Å². The summed E-state index contributed by atoms with van der Waals surface area (Å²) in [6.07, 6.45) is 2.02. The van der Waals surface area contributed by atoms with E-state index in [4.69, 9.17) is 4.74 Å². The average Bonchev–Trinajstić information content (AvgIpc) is 2.49. The number of rotatable bonds is 4. The van der Waals surface area contributed by atoms with E-state index in [-0.39, 0.29) is 5.56 Å². The summed E-state index contributed by atoms with van der Waals surface area (Å²) in [7, 11) is 0. The van der Waals surface area contributed by atoms with Gasteiger partial charge in [0.15, 0.2) is 6.10 Å². The van der Waals surface area contributed by atoms with Crippen LogP contribution in [0.3, 0.4) is 0 Å². The Labute approximate surface area is 144 Å². The van der Waals surface area contributed by atoms with Gasteiger partial charge in [0.2, 0.25) is 0 Å². The second kappa shape index (κ2) is 7.51. The molecule has 1 heterocycles. The van der Waals surface area contributed by atoms with E-state index >= 15 is 0 Å². The minimum absolute atomic E-state index is 0.276. The first-order valence-corrected chi connectivity index (χ1v) is 7.92. The van der Waals surface area contributed by atoms with E-state index in [1.54, 1.807) is 36.5 Å². The molecule has 1 aromatic heterocycles. The third kappa shape index (κ3) is 4.64. The summed E-state index contributed by atoms with van der Waals surface area (Å²) in [4.78, 5) is 27.8. The molecule has 1 amide bonds. The van der Waals surface area contributed by atoms with Crippen LogP contribution in [0.25, 0.3) is 0 Å². The number of pyridine rings is 1. The molecule has 114 valence electrons. The number of hydrogen-bond donors (Lipinski definition) is 1. The van der Waals surface area contributed by atoms with E-state index in [0.29, 0.717) is 10.2 Å². The Balaban J connectivity index is 1.96. The highest BCUT2D eigenvalue weighted by Gasteiger charge is 2.19. The van der Waals surface area contributed by atoms with Crippen molar-refractivity contribution >= 4 is 49.4 Å².